The third-order valence-corrected chi connectivity index (χ3v) is 2.94. The molecule has 0 aliphatic rings. The molecule has 0 bridgehead atoms. The summed E-state index contributed by atoms with van der Waals surface area (Å²) in [5, 5.41) is 0. The molecule has 0 aliphatic heterocycles. The first-order valence-electron chi connectivity index (χ1n) is 5.08. The summed E-state index contributed by atoms with van der Waals surface area (Å²) in [6, 6.07) is 7.58. The number of rotatable bonds is 3. The maximum absolute atomic E-state index is 13.3. The van der Waals surface area contributed by atoms with Crippen molar-refractivity contribution in [3.63, 3.8) is 0 Å². The molecule has 0 aliphatic carbocycles. The average Bonchev–Trinajstić information content (AvgIpc) is 2.33. The molecule has 0 fully saturated rings. The second-order valence-corrected chi connectivity index (χ2v) is 4.42. The van der Waals surface area contributed by atoms with Crippen molar-refractivity contribution in [3.8, 4) is 5.75 Å². The van der Waals surface area contributed by atoms with Crippen LogP contribution in [0.1, 0.15) is 5.56 Å². The van der Waals surface area contributed by atoms with Gasteiger partial charge in [-0.25, -0.2) is 13.2 Å². The highest BCUT2D eigenvalue weighted by Crippen LogP contribution is 2.23. The molecule has 1 nitrogen and oxygen atoms in total. The molecule has 0 amide bonds. The lowest BCUT2D eigenvalue weighted by atomic mass is 10.2. The van der Waals surface area contributed by atoms with Crippen molar-refractivity contribution < 1.29 is 17.9 Å². The van der Waals surface area contributed by atoms with Crippen LogP contribution in [0.2, 0.25) is 0 Å². The van der Waals surface area contributed by atoms with Crippen molar-refractivity contribution in [1.29, 1.82) is 0 Å². The number of halogens is 4. The van der Waals surface area contributed by atoms with Gasteiger partial charge in [-0.3, -0.25) is 0 Å². The van der Waals surface area contributed by atoms with E-state index in [2.05, 4.69) is 15.9 Å². The second-order valence-electron chi connectivity index (χ2n) is 3.56. The minimum Gasteiger partial charge on any atom is -0.489 e. The minimum absolute atomic E-state index is 0.155. The van der Waals surface area contributed by atoms with E-state index in [1.807, 2.05) is 0 Å². The average molecular weight is 317 g/mol. The van der Waals surface area contributed by atoms with Crippen molar-refractivity contribution >= 4 is 15.9 Å². The van der Waals surface area contributed by atoms with Gasteiger partial charge in [-0.2, -0.15) is 0 Å². The molecule has 0 aromatic heterocycles. The van der Waals surface area contributed by atoms with Crippen LogP contribution < -0.4 is 4.74 Å². The lowest BCUT2D eigenvalue weighted by Crippen LogP contribution is -2.01. The maximum Gasteiger partial charge on any atom is 0.137 e. The molecular formula is C13H8BrF3O. The lowest BCUT2D eigenvalue weighted by molar-refractivity contribution is 0.292. The van der Waals surface area contributed by atoms with Gasteiger partial charge in [-0.1, -0.05) is 6.07 Å². The maximum atomic E-state index is 13.3. The van der Waals surface area contributed by atoms with Crippen LogP contribution in [0.3, 0.4) is 0 Å². The molecule has 5 heteroatoms. The molecular weight excluding hydrogens is 309 g/mol. The first-order chi connectivity index (χ1) is 8.58. The Kier molecular flexibility index (Phi) is 3.91. The Morgan fingerprint density at radius 3 is 2.22 bits per heavy atom. The van der Waals surface area contributed by atoms with E-state index in [1.54, 1.807) is 0 Å². The molecule has 2 aromatic rings. The molecule has 2 aromatic carbocycles. The molecule has 0 saturated heterocycles. The van der Waals surface area contributed by atoms with Crippen LogP contribution >= 0.6 is 15.9 Å². The smallest absolute Gasteiger partial charge is 0.137 e. The zero-order valence-corrected chi connectivity index (χ0v) is 10.7. The predicted octanol–water partition coefficient (Wildman–Crippen LogP) is 4.45. The number of benzene rings is 2. The Bertz CT molecular complexity index is 552. The Morgan fingerprint density at radius 2 is 1.61 bits per heavy atom. The van der Waals surface area contributed by atoms with E-state index in [0.29, 0.717) is 5.75 Å². The minimum atomic E-state index is -0.670. The van der Waals surface area contributed by atoms with Gasteiger partial charge in [0, 0.05) is 0 Å². The van der Waals surface area contributed by atoms with Gasteiger partial charge in [-0.05, 0) is 46.3 Å². The Labute approximate surface area is 110 Å². The fraction of sp³-hybridized carbons (Fsp3) is 0.0769. The molecule has 94 valence electrons. The van der Waals surface area contributed by atoms with Gasteiger partial charge in [0.05, 0.1) is 10.0 Å². The first kappa shape index (κ1) is 13.0. The highest BCUT2D eigenvalue weighted by atomic mass is 79.9. The summed E-state index contributed by atoms with van der Waals surface area (Å²) in [7, 11) is 0. The SMILES string of the molecule is Fc1ccc(OCc2c(F)cccc2F)cc1Br. The zero-order chi connectivity index (χ0) is 13.1. The van der Waals surface area contributed by atoms with E-state index in [4.69, 9.17) is 4.74 Å². The van der Waals surface area contributed by atoms with E-state index in [1.165, 1.54) is 24.3 Å². The van der Waals surface area contributed by atoms with Crippen LogP contribution in [-0.4, -0.2) is 0 Å². The summed E-state index contributed by atoms with van der Waals surface area (Å²) in [6.07, 6.45) is 0. The van der Waals surface area contributed by atoms with E-state index in [0.717, 1.165) is 12.1 Å². The van der Waals surface area contributed by atoms with E-state index < -0.39 is 17.5 Å². The van der Waals surface area contributed by atoms with Gasteiger partial charge in [0.15, 0.2) is 0 Å². The summed E-state index contributed by atoms with van der Waals surface area (Å²) in [5.41, 5.74) is -0.155. The van der Waals surface area contributed by atoms with E-state index in [9.17, 15) is 13.2 Å². The largest absolute Gasteiger partial charge is 0.489 e. The third-order valence-electron chi connectivity index (χ3n) is 2.34. The van der Waals surface area contributed by atoms with Crippen molar-refractivity contribution in [1.82, 2.24) is 0 Å². The molecule has 0 N–H and O–H groups in total. The van der Waals surface area contributed by atoms with Crippen molar-refractivity contribution in [3.05, 3.63) is 63.9 Å². The van der Waals surface area contributed by atoms with Crippen LogP contribution in [0.5, 0.6) is 5.75 Å². The summed E-state index contributed by atoms with van der Waals surface area (Å²) >= 11 is 3.00. The summed E-state index contributed by atoms with van der Waals surface area (Å²) in [6.45, 7) is -0.253. The molecule has 0 unspecified atom stereocenters. The highest BCUT2D eigenvalue weighted by molar-refractivity contribution is 9.10. The van der Waals surface area contributed by atoms with Crippen LogP contribution in [0.15, 0.2) is 40.9 Å². The molecule has 2 rings (SSSR count). The van der Waals surface area contributed by atoms with Gasteiger partial charge in [-0.15, -0.1) is 0 Å². The fourth-order valence-electron chi connectivity index (χ4n) is 1.39. The zero-order valence-electron chi connectivity index (χ0n) is 9.09. The van der Waals surface area contributed by atoms with Gasteiger partial charge >= 0.3 is 0 Å². The highest BCUT2D eigenvalue weighted by Gasteiger charge is 2.09. The van der Waals surface area contributed by atoms with Gasteiger partial charge in [0.2, 0.25) is 0 Å². The van der Waals surface area contributed by atoms with Gasteiger partial charge < -0.3 is 4.74 Å². The van der Waals surface area contributed by atoms with Crippen molar-refractivity contribution in [2.75, 3.05) is 0 Å². The Morgan fingerprint density at radius 1 is 0.944 bits per heavy atom. The topological polar surface area (TPSA) is 9.23 Å². The standard InChI is InChI=1S/C13H8BrF3O/c14-10-6-8(4-5-13(10)17)18-7-9-11(15)2-1-3-12(9)16/h1-6H,7H2. The predicted molar refractivity (Wildman–Crippen MR) is 64.8 cm³/mol. The fourth-order valence-corrected chi connectivity index (χ4v) is 1.75. The van der Waals surface area contributed by atoms with E-state index in [-0.39, 0.29) is 16.6 Å². The molecule has 0 heterocycles. The molecule has 0 atom stereocenters. The Balaban J connectivity index is 2.14. The molecule has 18 heavy (non-hydrogen) atoms. The Hall–Kier alpha value is -1.49. The van der Waals surface area contributed by atoms with Crippen LogP contribution in [-0.2, 0) is 6.61 Å². The van der Waals surface area contributed by atoms with Gasteiger partial charge in [0.25, 0.3) is 0 Å². The normalized spacial score (nSPS) is 10.4. The van der Waals surface area contributed by atoms with Crippen molar-refractivity contribution in [2.24, 2.45) is 0 Å². The third kappa shape index (κ3) is 2.85. The molecule has 0 radical (unpaired) electrons. The van der Waals surface area contributed by atoms with Crippen molar-refractivity contribution in [2.45, 2.75) is 6.61 Å². The number of ether oxygens (including phenoxy) is 1. The first-order valence-corrected chi connectivity index (χ1v) is 5.88. The van der Waals surface area contributed by atoms with Gasteiger partial charge in [0.1, 0.15) is 29.8 Å². The van der Waals surface area contributed by atoms with E-state index >= 15 is 0 Å². The summed E-state index contributed by atoms with van der Waals surface area (Å²) in [5.74, 6) is -1.45. The summed E-state index contributed by atoms with van der Waals surface area (Å²) in [4.78, 5) is 0. The second kappa shape index (κ2) is 5.44. The monoisotopic (exact) mass is 316 g/mol. The molecule has 0 saturated carbocycles. The number of hydrogen-bond acceptors (Lipinski definition) is 1. The molecule has 0 spiro atoms. The van der Waals surface area contributed by atoms with Crippen LogP contribution in [0.4, 0.5) is 13.2 Å². The van der Waals surface area contributed by atoms with Crippen LogP contribution in [0.25, 0.3) is 0 Å². The number of hydrogen-bond donors (Lipinski definition) is 0. The quantitative estimate of drug-likeness (QED) is 0.813. The van der Waals surface area contributed by atoms with Crippen LogP contribution in [0, 0.1) is 17.5 Å². The summed E-state index contributed by atoms with van der Waals surface area (Å²) < 4.78 is 45.0. The lowest BCUT2D eigenvalue weighted by Gasteiger charge is -2.08.